The lowest BCUT2D eigenvalue weighted by molar-refractivity contribution is 0.159. The first kappa shape index (κ1) is 14.5. The van der Waals surface area contributed by atoms with Gasteiger partial charge in [-0.3, -0.25) is 4.98 Å². The van der Waals surface area contributed by atoms with Gasteiger partial charge in [0.05, 0.1) is 0 Å². The fourth-order valence-electron chi connectivity index (χ4n) is 3.94. The molecule has 0 saturated heterocycles. The van der Waals surface area contributed by atoms with Gasteiger partial charge in [-0.05, 0) is 49.8 Å². The maximum Gasteiger partial charge on any atom is 0.0419 e. The Morgan fingerprint density at radius 3 is 2.53 bits per heavy atom. The molecule has 0 spiro atoms. The smallest absolute Gasteiger partial charge is 0.0419 e. The Hall–Kier alpha value is -0.890. The van der Waals surface area contributed by atoms with Gasteiger partial charge in [-0.2, -0.15) is 0 Å². The highest BCUT2D eigenvalue weighted by atomic mass is 14.9. The molecule has 2 rings (SSSR count). The monoisotopic (exact) mass is 260 g/mol. The first-order chi connectivity index (χ1) is 9.16. The molecule has 1 aliphatic rings. The largest absolute Gasteiger partial charge is 0.316 e. The van der Waals surface area contributed by atoms with Gasteiger partial charge < -0.3 is 5.32 Å². The second kappa shape index (κ2) is 6.51. The van der Waals surface area contributed by atoms with Gasteiger partial charge in [0.1, 0.15) is 0 Å². The van der Waals surface area contributed by atoms with Crippen molar-refractivity contribution >= 4 is 0 Å². The van der Waals surface area contributed by atoms with Gasteiger partial charge in [-0.25, -0.2) is 0 Å². The first-order valence-corrected chi connectivity index (χ1v) is 7.73. The van der Waals surface area contributed by atoms with Crippen LogP contribution in [0.5, 0.6) is 0 Å². The van der Waals surface area contributed by atoms with Crippen LogP contribution in [0.3, 0.4) is 0 Å². The molecule has 0 aliphatic heterocycles. The van der Waals surface area contributed by atoms with Crippen LogP contribution >= 0.6 is 0 Å². The van der Waals surface area contributed by atoms with Crippen molar-refractivity contribution < 1.29 is 0 Å². The molecule has 0 bridgehead atoms. The number of likely N-dealkylation sites (N-methyl/N-ethyl adjacent to an activating group) is 1. The van der Waals surface area contributed by atoms with Gasteiger partial charge in [-0.15, -0.1) is 0 Å². The quantitative estimate of drug-likeness (QED) is 0.841. The molecule has 0 radical (unpaired) electrons. The van der Waals surface area contributed by atoms with E-state index in [0.717, 1.165) is 12.3 Å². The van der Waals surface area contributed by atoms with Gasteiger partial charge in [0.2, 0.25) is 0 Å². The zero-order valence-electron chi connectivity index (χ0n) is 12.7. The molecule has 1 heterocycles. The third-order valence-electron chi connectivity index (χ3n) is 4.64. The molecule has 1 aliphatic carbocycles. The lowest BCUT2D eigenvalue weighted by Crippen LogP contribution is -2.44. The summed E-state index contributed by atoms with van der Waals surface area (Å²) < 4.78 is 0. The zero-order valence-corrected chi connectivity index (χ0v) is 12.7. The minimum atomic E-state index is 0.487. The summed E-state index contributed by atoms with van der Waals surface area (Å²) in [6.45, 7) is 4.71. The molecule has 1 N–H and O–H groups in total. The molecule has 2 nitrogen and oxygen atoms in total. The van der Waals surface area contributed by atoms with Crippen molar-refractivity contribution in [2.45, 2.75) is 58.4 Å². The zero-order chi connectivity index (χ0) is 13.7. The third-order valence-corrected chi connectivity index (χ3v) is 4.64. The number of hydrogen-bond donors (Lipinski definition) is 1. The van der Waals surface area contributed by atoms with Crippen LogP contribution in [0, 0.1) is 11.3 Å². The van der Waals surface area contributed by atoms with Crippen LogP contribution in [0.15, 0.2) is 24.4 Å². The van der Waals surface area contributed by atoms with Gasteiger partial charge in [0.25, 0.3) is 0 Å². The number of nitrogens with zero attached hydrogens (tertiary/aromatic N) is 1. The maximum absolute atomic E-state index is 4.51. The highest BCUT2D eigenvalue weighted by Crippen LogP contribution is 2.46. The van der Waals surface area contributed by atoms with E-state index in [1.165, 1.54) is 37.8 Å². The highest BCUT2D eigenvalue weighted by molar-refractivity contribution is 5.08. The summed E-state index contributed by atoms with van der Waals surface area (Å²) >= 11 is 0. The summed E-state index contributed by atoms with van der Waals surface area (Å²) in [7, 11) is 2.12. The summed E-state index contributed by atoms with van der Waals surface area (Å²) in [5.41, 5.74) is 1.71. The van der Waals surface area contributed by atoms with E-state index in [4.69, 9.17) is 0 Å². The molecule has 1 unspecified atom stereocenters. The van der Waals surface area contributed by atoms with Crippen molar-refractivity contribution in [3.8, 4) is 0 Å². The number of rotatable bonds is 6. The Labute approximate surface area is 118 Å². The number of hydrogen-bond acceptors (Lipinski definition) is 2. The molecule has 2 heteroatoms. The van der Waals surface area contributed by atoms with E-state index in [1.54, 1.807) is 0 Å². The standard InChI is InChI=1S/C17H28N2/c1-14(2)13-17(9-5-6-10-17)16(18-3)12-15-8-4-7-11-19-15/h4,7-8,11,14,16,18H,5-6,9-10,12-13H2,1-3H3. The van der Waals surface area contributed by atoms with E-state index < -0.39 is 0 Å². The average Bonchev–Trinajstić information content (AvgIpc) is 2.85. The minimum absolute atomic E-state index is 0.487. The molecule has 106 valence electrons. The second-order valence-corrected chi connectivity index (χ2v) is 6.53. The van der Waals surface area contributed by atoms with Crippen LogP contribution in [0.2, 0.25) is 0 Å². The average molecular weight is 260 g/mol. The fraction of sp³-hybridized carbons (Fsp3) is 0.706. The molecule has 0 aromatic carbocycles. The molecule has 19 heavy (non-hydrogen) atoms. The topological polar surface area (TPSA) is 24.9 Å². The van der Waals surface area contributed by atoms with Crippen LogP contribution in [0.1, 0.15) is 51.6 Å². The van der Waals surface area contributed by atoms with E-state index in [2.05, 4.69) is 43.3 Å². The van der Waals surface area contributed by atoms with E-state index in [0.29, 0.717) is 11.5 Å². The van der Waals surface area contributed by atoms with Gasteiger partial charge in [0, 0.05) is 24.4 Å². The van der Waals surface area contributed by atoms with E-state index in [1.807, 2.05) is 12.3 Å². The third kappa shape index (κ3) is 3.56. The highest BCUT2D eigenvalue weighted by Gasteiger charge is 2.40. The molecular formula is C17H28N2. The van der Waals surface area contributed by atoms with Crippen molar-refractivity contribution in [1.82, 2.24) is 10.3 Å². The molecule has 1 fully saturated rings. The summed E-state index contributed by atoms with van der Waals surface area (Å²) in [6, 6.07) is 6.81. The van der Waals surface area contributed by atoms with E-state index >= 15 is 0 Å². The Bertz CT molecular complexity index is 366. The Morgan fingerprint density at radius 2 is 2.00 bits per heavy atom. The van der Waals surface area contributed by atoms with Crippen molar-refractivity contribution in [3.05, 3.63) is 30.1 Å². The summed E-state index contributed by atoms with van der Waals surface area (Å²) in [5.74, 6) is 0.776. The lowest BCUT2D eigenvalue weighted by atomic mass is 9.71. The Kier molecular flexibility index (Phi) is 4.98. The molecule has 1 aromatic heterocycles. The van der Waals surface area contributed by atoms with Crippen molar-refractivity contribution in [2.75, 3.05) is 7.05 Å². The van der Waals surface area contributed by atoms with Crippen molar-refractivity contribution in [3.63, 3.8) is 0 Å². The SMILES string of the molecule is CNC(Cc1ccccn1)C1(CC(C)C)CCCC1. The van der Waals surface area contributed by atoms with Gasteiger partial charge in [0.15, 0.2) is 0 Å². The van der Waals surface area contributed by atoms with E-state index in [-0.39, 0.29) is 0 Å². The predicted molar refractivity (Wildman–Crippen MR) is 81.1 cm³/mol. The molecule has 1 atom stereocenters. The lowest BCUT2D eigenvalue weighted by Gasteiger charge is -2.39. The molecule has 1 saturated carbocycles. The van der Waals surface area contributed by atoms with Crippen LogP contribution < -0.4 is 5.32 Å². The van der Waals surface area contributed by atoms with Gasteiger partial charge >= 0.3 is 0 Å². The minimum Gasteiger partial charge on any atom is -0.316 e. The Balaban J connectivity index is 2.13. The summed E-state index contributed by atoms with van der Waals surface area (Å²) in [6.07, 6.45) is 9.86. The molecule has 0 amide bonds. The van der Waals surface area contributed by atoms with Crippen molar-refractivity contribution in [1.29, 1.82) is 0 Å². The fourth-order valence-corrected chi connectivity index (χ4v) is 3.94. The number of pyridine rings is 1. The van der Waals surface area contributed by atoms with E-state index in [9.17, 15) is 0 Å². The maximum atomic E-state index is 4.51. The number of nitrogens with one attached hydrogen (secondary N) is 1. The summed E-state index contributed by atoms with van der Waals surface area (Å²) in [4.78, 5) is 4.51. The van der Waals surface area contributed by atoms with Gasteiger partial charge in [-0.1, -0.05) is 32.8 Å². The van der Waals surface area contributed by atoms with Crippen molar-refractivity contribution in [2.24, 2.45) is 11.3 Å². The molecular weight excluding hydrogens is 232 g/mol. The first-order valence-electron chi connectivity index (χ1n) is 7.73. The van der Waals surface area contributed by atoms with Crippen LogP contribution in [-0.4, -0.2) is 18.1 Å². The molecule has 1 aromatic rings. The van der Waals surface area contributed by atoms with Crippen LogP contribution in [-0.2, 0) is 6.42 Å². The Morgan fingerprint density at radius 1 is 1.26 bits per heavy atom. The number of aromatic nitrogens is 1. The summed E-state index contributed by atoms with van der Waals surface area (Å²) in [5, 5.41) is 3.60. The predicted octanol–water partition coefficient (Wildman–Crippen LogP) is 3.82. The van der Waals surface area contributed by atoms with Crippen LogP contribution in [0.4, 0.5) is 0 Å². The normalized spacial score (nSPS) is 19.8. The van der Waals surface area contributed by atoms with Crippen LogP contribution in [0.25, 0.3) is 0 Å². The second-order valence-electron chi connectivity index (χ2n) is 6.53.